The number of aromatic nitrogens is 1. The quantitative estimate of drug-likeness (QED) is 0.677. The van der Waals surface area contributed by atoms with Gasteiger partial charge in [-0.1, -0.05) is 23.7 Å². The molecule has 1 aromatic heterocycles. The second kappa shape index (κ2) is 3.99. The lowest BCUT2D eigenvalue weighted by atomic mass is 10.2. The van der Waals surface area contributed by atoms with Gasteiger partial charge in [-0.15, -0.1) is 0 Å². The summed E-state index contributed by atoms with van der Waals surface area (Å²) in [5.41, 5.74) is 7.90. The Labute approximate surface area is 107 Å². The summed E-state index contributed by atoms with van der Waals surface area (Å²) in [7, 11) is 0. The monoisotopic (exact) mass is 262 g/mol. The Morgan fingerprint density at radius 2 is 2.00 bits per heavy atom. The summed E-state index contributed by atoms with van der Waals surface area (Å²) < 4.78 is 18.8. The van der Waals surface area contributed by atoms with E-state index in [1.165, 1.54) is 12.1 Å². The van der Waals surface area contributed by atoms with Crippen LogP contribution in [0.5, 0.6) is 0 Å². The van der Waals surface area contributed by atoms with Gasteiger partial charge in [0.2, 0.25) is 5.89 Å². The van der Waals surface area contributed by atoms with Crippen LogP contribution in [0, 0.1) is 5.82 Å². The van der Waals surface area contributed by atoms with Gasteiger partial charge in [0, 0.05) is 11.8 Å². The topological polar surface area (TPSA) is 52.0 Å². The van der Waals surface area contributed by atoms with Gasteiger partial charge in [-0.05, 0) is 18.2 Å². The van der Waals surface area contributed by atoms with Gasteiger partial charge in [-0.2, -0.15) is 0 Å². The lowest BCUT2D eigenvalue weighted by Crippen LogP contribution is -1.88. The van der Waals surface area contributed by atoms with Crippen LogP contribution in [0.3, 0.4) is 0 Å². The van der Waals surface area contributed by atoms with E-state index in [9.17, 15) is 4.39 Å². The standard InChI is InChI=1S/C13H8ClFN2O/c14-8-5-11-12(6-9(8)15)18-13(17-11)7-3-1-2-4-10(7)16/h1-6H,16H2. The molecule has 0 radical (unpaired) electrons. The van der Waals surface area contributed by atoms with Crippen molar-refractivity contribution in [3.8, 4) is 11.5 Å². The van der Waals surface area contributed by atoms with E-state index in [0.717, 1.165) is 0 Å². The number of hydrogen-bond donors (Lipinski definition) is 1. The van der Waals surface area contributed by atoms with E-state index in [4.69, 9.17) is 21.8 Å². The van der Waals surface area contributed by atoms with Crippen molar-refractivity contribution in [1.29, 1.82) is 0 Å². The first-order valence-corrected chi connectivity index (χ1v) is 5.63. The number of nitrogens with zero attached hydrogens (tertiary/aromatic N) is 1. The minimum Gasteiger partial charge on any atom is -0.436 e. The number of para-hydroxylation sites is 1. The lowest BCUT2D eigenvalue weighted by Gasteiger charge is -1.98. The van der Waals surface area contributed by atoms with Crippen molar-refractivity contribution in [1.82, 2.24) is 4.98 Å². The average molecular weight is 263 g/mol. The molecule has 0 saturated heterocycles. The molecule has 0 spiro atoms. The molecule has 0 unspecified atom stereocenters. The maximum atomic E-state index is 13.3. The van der Waals surface area contributed by atoms with Gasteiger partial charge < -0.3 is 10.2 Å². The van der Waals surface area contributed by atoms with E-state index in [2.05, 4.69) is 4.98 Å². The fourth-order valence-electron chi connectivity index (χ4n) is 1.73. The number of oxazole rings is 1. The third kappa shape index (κ3) is 1.71. The molecule has 3 nitrogen and oxygen atoms in total. The van der Waals surface area contributed by atoms with Gasteiger partial charge in [0.25, 0.3) is 0 Å². The normalized spacial score (nSPS) is 11.0. The summed E-state index contributed by atoms with van der Waals surface area (Å²) in [4.78, 5) is 4.25. The highest BCUT2D eigenvalue weighted by Gasteiger charge is 2.12. The predicted molar refractivity (Wildman–Crippen MR) is 68.8 cm³/mol. The van der Waals surface area contributed by atoms with Gasteiger partial charge in [-0.3, -0.25) is 0 Å². The molecule has 0 amide bonds. The molecule has 2 aromatic carbocycles. The van der Waals surface area contributed by atoms with Crippen LogP contribution in [0.25, 0.3) is 22.6 Å². The molecular formula is C13H8ClFN2O. The summed E-state index contributed by atoms with van der Waals surface area (Å²) in [5, 5.41) is 0.0170. The minimum atomic E-state index is -0.534. The maximum absolute atomic E-state index is 13.3. The van der Waals surface area contributed by atoms with E-state index in [0.29, 0.717) is 28.2 Å². The number of hydrogen-bond acceptors (Lipinski definition) is 3. The summed E-state index contributed by atoms with van der Waals surface area (Å²) in [6, 6.07) is 9.83. The number of benzene rings is 2. The number of nitrogens with two attached hydrogens (primary N) is 1. The highest BCUT2D eigenvalue weighted by molar-refractivity contribution is 6.31. The molecule has 5 heteroatoms. The fraction of sp³-hybridized carbons (Fsp3) is 0. The molecule has 0 saturated carbocycles. The molecule has 18 heavy (non-hydrogen) atoms. The van der Waals surface area contributed by atoms with Crippen molar-refractivity contribution in [2.24, 2.45) is 0 Å². The van der Waals surface area contributed by atoms with E-state index < -0.39 is 5.82 Å². The molecule has 0 fully saturated rings. The largest absolute Gasteiger partial charge is 0.436 e. The molecule has 0 aliphatic carbocycles. The smallest absolute Gasteiger partial charge is 0.229 e. The number of nitrogen functional groups attached to an aromatic ring is 1. The Kier molecular flexibility index (Phi) is 2.45. The zero-order valence-electron chi connectivity index (χ0n) is 9.15. The van der Waals surface area contributed by atoms with Gasteiger partial charge in [0.1, 0.15) is 11.3 Å². The Morgan fingerprint density at radius 1 is 1.22 bits per heavy atom. The summed E-state index contributed by atoms with van der Waals surface area (Å²) in [6.45, 7) is 0. The molecule has 3 aromatic rings. The van der Waals surface area contributed by atoms with E-state index >= 15 is 0 Å². The summed E-state index contributed by atoms with van der Waals surface area (Å²) in [5.74, 6) is -0.183. The second-order valence-electron chi connectivity index (χ2n) is 3.84. The molecule has 2 N–H and O–H groups in total. The molecule has 90 valence electrons. The molecule has 0 aliphatic rings. The Balaban J connectivity index is 2.23. The highest BCUT2D eigenvalue weighted by atomic mass is 35.5. The first-order chi connectivity index (χ1) is 8.65. The highest BCUT2D eigenvalue weighted by Crippen LogP contribution is 2.30. The third-order valence-electron chi connectivity index (χ3n) is 2.62. The number of halogens is 2. The van der Waals surface area contributed by atoms with Crippen molar-refractivity contribution < 1.29 is 8.81 Å². The van der Waals surface area contributed by atoms with E-state index in [-0.39, 0.29) is 5.02 Å². The van der Waals surface area contributed by atoms with Crippen molar-refractivity contribution in [2.75, 3.05) is 5.73 Å². The fourth-order valence-corrected chi connectivity index (χ4v) is 1.89. The minimum absolute atomic E-state index is 0.0170. The number of anilines is 1. The number of fused-ring (bicyclic) bond motifs is 1. The molecule has 1 heterocycles. The van der Waals surface area contributed by atoms with E-state index in [1.54, 1.807) is 12.1 Å². The van der Waals surface area contributed by atoms with Crippen LogP contribution in [-0.2, 0) is 0 Å². The zero-order chi connectivity index (χ0) is 12.7. The number of rotatable bonds is 1. The van der Waals surface area contributed by atoms with Crippen molar-refractivity contribution >= 4 is 28.4 Å². The Hall–Kier alpha value is -2.07. The molecule has 3 rings (SSSR count). The van der Waals surface area contributed by atoms with E-state index in [1.807, 2.05) is 12.1 Å². The summed E-state index contributed by atoms with van der Waals surface area (Å²) in [6.07, 6.45) is 0. The van der Waals surface area contributed by atoms with Crippen molar-refractivity contribution in [3.63, 3.8) is 0 Å². The first-order valence-electron chi connectivity index (χ1n) is 5.25. The predicted octanol–water partition coefficient (Wildman–Crippen LogP) is 3.87. The second-order valence-corrected chi connectivity index (χ2v) is 4.25. The maximum Gasteiger partial charge on any atom is 0.229 e. The summed E-state index contributed by atoms with van der Waals surface area (Å²) >= 11 is 5.69. The SMILES string of the molecule is Nc1ccccc1-c1nc2cc(Cl)c(F)cc2o1. The Bertz CT molecular complexity index is 700. The molecular weight excluding hydrogens is 255 g/mol. The average Bonchev–Trinajstić information content (AvgIpc) is 2.73. The Morgan fingerprint density at radius 3 is 2.78 bits per heavy atom. The van der Waals surface area contributed by atoms with Crippen LogP contribution in [0.2, 0.25) is 5.02 Å². The van der Waals surface area contributed by atoms with Crippen molar-refractivity contribution in [3.05, 3.63) is 47.2 Å². The first kappa shape index (κ1) is 11.0. The molecule has 0 atom stereocenters. The van der Waals surface area contributed by atoms with Gasteiger partial charge in [0.05, 0.1) is 10.6 Å². The lowest BCUT2D eigenvalue weighted by molar-refractivity contribution is 0.603. The van der Waals surface area contributed by atoms with Crippen LogP contribution >= 0.6 is 11.6 Å². The van der Waals surface area contributed by atoms with Crippen molar-refractivity contribution in [2.45, 2.75) is 0 Å². The molecule has 0 bridgehead atoms. The molecule has 0 aliphatic heterocycles. The van der Waals surface area contributed by atoms with Crippen LogP contribution in [0.1, 0.15) is 0 Å². The van der Waals surface area contributed by atoms with Crippen LogP contribution in [0.4, 0.5) is 10.1 Å². The third-order valence-corrected chi connectivity index (χ3v) is 2.91. The van der Waals surface area contributed by atoms with Crippen LogP contribution in [0.15, 0.2) is 40.8 Å². The van der Waals surface area contributed by atoms with Crippen LogP contribution in [-0.4, -0.2) is 4.98 Å². The zero-order valence-corrected chi connectivity index (χ0v) is 9.91. The van der Waals surface area contributed by atoms with Gasteiger partial charge in [-0.25, -0.2) is 9.37 Å². The van der Waals surface area contributed by atoms with Crippen LogP contribution < -0.4 is 5.73 Å². The van der Waals surface area contributed by atoms with Gasteiger partial charge >= 0.3 is 0 Å². The van der Waals surface area contributed by atoms with Gasteiger partial charge in [0.15, 0.2) is 5.58 Å².